The lowest BCUT2D eigenvalue weighted by Gasteiger charge is -2.29. The minimum atomic E-state index is 0.283. The number of aromatic nitrogens is 3. The van der Waals surface area contributed by atoms with Crippen LogP contribution in [0.25, 0.3) is 11.4 Å². The van der Waals surface area contributed by atoms with Crippen molar-refractivity contribution in [3.63, 3.8) is 0 Å². The summed E-state index contributed by atoms with van der Waals surface area (Å²) in [6.45, 7) is 4.19. The number of nitrogens with one attached hydrogen (secondary N) is 1. The predicted octanol–water partition coefficient (Wildman–Crippen LogP) is 4.13. The molecule has 1 saturated heterocycles. The fraction of sp³-hybridized carbons (Fsp3) is 0.350. The molecule has 1 N–H and O–H groups in total. The second-order valence-corrected chi connectivity index (χ2v) is 7.69. The zero-order valence-electron chi connectivity index (χ0n) is 15.6. The number of likely N-dealkylation sites (tertiary alicyclic amines) is 1. The molecule has 3 aromatic heterocycles. The summed E-state index contributed by atoms with van der Waals surface area (Å²) in [6.07, 6.45) is 5.97. The van der Waals surface area contributed by atoms with Gasteiger partial charge in [0.15, 0.2) is 5.13 Å². The maximum absolute atomic E-state index is 6.06. The minimum Gasteiger partial charge on any atom is -0.489 e. The van der Waals surface area contributed by atoms with Gasteiger partial charge in [-0.1, -0.05) is 6.07 Å². The Hall–Kier alpha value is -2.51. The lowest BCUT2D eigenvalue weighted by atomic mass is 10.1. The number of aryl methyl sites for hydroxylation is 1. The average Bonchev–Trinajstić information content (AvgIpc) is 3.15. The predicted molar refractivity (Wildman–Crippen MR) is 109 cm³/mol. The minimum absolute atomic E-state index is 0.283. The van der Waals surface area contributed by atoms with Gasteiger partial charge in [-0.2, -0.15) is 0 Å². The van der Waals surface area contributed by atoms with Gasteiger partial charge in [0, 0.05) is 24.7 Å². The first-order valence-electron chi connectivity index (χ1n) is 9.13. The Kier molecular flexibility index (Phi) is 5.31. The van der Waals surface area contributed by atoms with Gasteiger partial charge >= 0.3 is 0 Å². The van der Waals surface area contributed by atoms with Crippen molar-refractivity contribution in [1.29, 1.82) is 0 Å². The van der Waals surface area contributed by atoms with Crippen molar-refractivity contribution in [2.75, 3.05) is 25.5 Å². The standard InChI is InChI=1S/C20H23N5OS/c1-14-4-3-9-21-19(14)24-20-23-18(13-27-20)17-6-5-16(12-22-17)26-15-7-10-25(2)11-8-15/h3-6,9,12-13,15H,7-8,10-11H2,1-2H3,(H,21,23,24). The van der Waals surface area contributed by atoms with Gasteiger partial charge in [-0.05, 0) is 50.6 Å². The molecule has 0 aromatic carbocycles. The van der Waals surface area contributed by atoms with Crippen molar-refractivity contribution in [3.05, 3.63) is 47.6 Å². The number of hydrogen-bond donors (Lipinski definition) is 1. The van der Waals surface area contributed by atoms with Crippen LogP contribution in [0.3, 0.4) is 0 Å². The molecule has 0 spiro atoms. The Labute approximate surface area is 163 Å². The van der Waals surface area contributed by atoms with E-state index in [-0.39, 0.29) is 6.10 Å². The number of rotatable bonds is 5. The Balaban J connectivity index is 1.40. The lowest BCUT2D eigenvalue weighted by molar-refractivity contribution is 0.114. The van der Waals surface area contributed by atoms with Crippen molar-refractivity contribution in [2.45, 2.75) is 25.9 Å². The van der Waals surface area contributed by atoms with Gasteiger partial charge in [0.25, 0.3) is 0 Å². The summed E-state index contributed by atoms with van der Waals surface area (Å²) >= 11 is 1.54. The van der Waals surface area contributed by atoms with E-state index in [1.54, 1.807) is 23.7 Å². The first-order chi connectivity index (χ1) is 13.2. The van der Waals surface area contributed by atoms with Gasteiger partial charge in [-0.3, -0.25) is 4.98 Å². The highest BCUT2D eigenvalue weighted by atomic mass is 32.1. The molecule has 0 bridgehead atoms. The van der Waals surface area contributed by atoms with E-state index in [4.69, 9.17) is 4.74 Å². The van der Waals surface area contributed by atoms with Crippen LogP contribution in [0.5, 0.6) is 5.75 Å². The van der Waals surface area contributed by atoms with Crippen molar-refractivity contribution >= 4 is 22.3 Å². The topological polar surface area (TPSA) is 63.2 Å². The zero-order chi connectivity index (χ0) is 18.6. The summed E-state index contributed by atoms with van der Waals surface area (Å²) in [5, 5.41) is 6.08. The molecule has 0 aliphatic carbocycles. The highest BCUT2D eigenvalue weighted by molar-refractivity contribution is 7.14. The largest absolute Gasteiger partial charge is 0.489 e. The molecule has 0 radical (unpaired) electrons. The first-order valence-corrected chi connectivity index (χ1v) is 10.0. The number of thiazole rings is 1. The van der Waals surface area contributed by atoms with Crippen LogP contribution in [0.2, 0.25) is 0 Å². The van der Waals surface area contributed by atoms with Crippen LogP contribution in [-0.4, -0.2) is 46.1 Å². The maximum Gasteiger partial charge on any atom is 0.188 e. The van der Waals surface area contributed by atoms with Gasteiger partial charge in [0.05, 0.1) is 11.9 Å². The third-order valence-corrected chi connectivity index (χ3v) is 5.46. The summed E-state index contributed by atoms with van der Waals surface area (Å²) in [6, 6.07) is 7.90. The van der Waals surface area contributed by atoms with Gasteiger partial charge in [0.2, 0.25) is 0 Å². The van der Waals surface area contributed by atoms with Gasteiger partial charge < -0.3 is 15.0 Å². The van der Waals surface area contributed by atoms with Gasteiger partial charge in [0.1, 0.15) is 23.4 Å². The third kappa shape index (κ3) is 4.43. The van der Waals surface area contributed by atoms with Gasteiger partial charge in [-0.15, -0.1) is 11.3 Å². The molecule has 0 atom stereocenters. The molecule has 0 amide bonds. The number of nitrogens with zero attached hydrogens (tertiary/aromatic N) is 4. The monoisotopic (exact) mass is 381 g/mol. The van der Waals surface area contributed by atoms with Crippen molar-refractivity contribution in [1.82, 2.24) is 19.9 Å². The van der Waals surface area contributed by atoms with Crippen molar-refractivity contribution in [2.24, 2.45) is 0 Å². The molecule has 1 aliphatic rings. The van der Waals surface area contributed by atoms with E-state index in [1.807, 2.05) is 36.6 Å². The number of hydrogen-bond acceptors (Lipinski definition) is 7. The normalized spacial score (nSPS) is 15.6. The quantitative estimate of drug-likeness (QED) is 0.717. The summed E-state index contributed by atoms with van der Waals surface area (Å²) in [4.78, 5) is 15.8. The smallest absolute Gasteiger partial charge is 0.188 e. The average molecular weight is 382 g/mol. The SMILES string of the molecule is Cc1cccnc1Nc1nc(-c2ccc(OC3CCN(C)CC3)cn2)cs1. The highest BCUT2D eigenvalue weighted by Gasteiger charge is 2.18. The molecule has 140 valence electrons. The van der Waals surface area contributed by atoms with E-state index in [1.165, 1.54) is 0 Å². The molecule has 7 heteroatoms. The summed E-state index contributed by atoms with van der Waals surface area (Å²) in [7, 11) is 2.15. The van der Waals surface area contributed by atoms with Crippen LogP contribution >= 0.6 is 11.3 Å². The van der Waals surface area contributed by atoms with E-state index in [9.17, 15) is 0 Å². The number of piperidine rings is 1. The van der Waals surface area contributed by atoms with Crippen LogP contribution < -0.4 is 10.1 Å². The molecule has 6 nitrogen and oxygen atoms in total. The Bertz CT molecular complexity index is 887. The fourth-order valence-corrected chi connectivity index (χ4v) is 3.77. The van der Waals surface area contributed by atoms with Crippen molar-refractivity contribution < 1.29 is 4.74 Å². The molecule has 4 rings (SSSR count). The second kappa shape index (κ2) is 8.02. The molecule has 3 aromatic rings. The number of pyridine rings is 2. The number of ether oxygens (including phenoxy) is 1. The van der Waals surface area contributed by atoms with Crippen LogP contribution in [0.1, 0.15) is 18.4 Å². The maximum atomic E-state index is 6.06. The Morgan fingerprint density at radius 3 is 2.74 bits per heavy atom. The second-order valence-electron chi connectivity index (χ2n) is 6.83. The van der Waals surface area contributed by atoms with Crippen molar-refractivity contribution in [3.8, 4) is 17.1 Å². The van der Waals surface area contributed by atoms with Crippen LogP contribution in [0, 0.1) is 6.92 Å². The first kappa shape index (κ1) is 17.9. The van der Waals surface area contributed by atoms with E-state index in [2.05, 4.69) is 32.2 Å². The molecular formula is C20H23N5OS. The Morgan fingerprint density at radius 1 is 1.15 bits per heavy atom. The molecule has 1 aliphatic heterocycles. The molecule has 0 saturated carbocycles. The molecule has 4 heterocycles. The molecule has 1 fully saturated rings. The van der Waals surface area contributed by atoms with Crippen LogP contribution in [0.4, 0.5) is 10.9 Å². The molecular weight excluding hydrogens is 358 g/mol. The Morgan fingerprint density at radius 2 is 2.00 bits per heavy atom. The van der Waals surface area contributed by atoms with Crippen LogP contribution in [-0.2, 0) is 0 Å². The highest BCUT2D eigenvalue weighted by Crippen LogP contribution is 2.27. The molecule has 0 unspecified atom stereocenters. The summed E-state index contributed by atoms with van der Waals surface area (Å²) in [5.41, 5.74) is 2.78. The van der Waals surface area contributed by atoms with E-state index in [0.29, 0.717) is 0 Å². The molecule has 27 heavy (non-hydrogen) atoms. The fourth-order valence-electron chi connectivity index (χ4n) is 3.06. The lowest BCUT2D eigenvalue weighted by Crippen LogP contribution is -2.35. The van der Waals surface area contributed by atoms with E-state index in [0.717, 1.165) is 59.6 Å². The third-order valence-electron chi connectivity index (χ3n) is 4.71. The van der Waals surface area contributed by atoms with Gasteiger partial charge in [-0.25, -0.2) is 9.97 Å². The van der Waals surface area contributed by atoms with E-state index >= 15 is 0 Å². The summed E-state index contributed by atoms with van der Waals surface area (Å²) in [5.74, 6) is 1.65. The number of anilines is 2. The summed E-state index contributed by atoms with van der Waals surface area (Å²) < 4.78 is 6.06. The zero-order valence-corrected chi connectivity index (χ0v) is 16.4. The van der Waals surface area contributed by atoms with E-state index < -0.39 is 0 Å². The van der Waals surface area contributed by atoms with Crippen LogP contribution in [0.15, 0.2) is 42.0 Å².